The van der Waals surface area contributed by atoms with Gasteiger partial charge in [-0.2, -0.15) is 0 Å². The fraction of sp³-hybridized carbons (Fsp3) is 0.333. The van der Waals surface area contributed by atoms with Crippen molar-refractivity contribution >= 4 is 40.4 Å². The topological polar surface area (TPSA) is 43.9 Å². The highest BCUT2D eigenvalue weighted by molar-refractivity contribution is 6.45. The maximum Gasteiger partial charge on any atom is 0.282 e. The third kappa shape index (κ3) is 3.70. The molecule has 5 nitrogen and oxygen atoms in total. The van der Waals surface area contributed by atoms with E-state index < -0.39 is 0 Å². The van der Waals surface area contributed by atoms with Crippen molar-refractivity contribution in [3.63, 3.8) is 0 Å². The molecule has 1 atom stereocenters. The number of piperidine rings is 1. The Bertz CT molecular complexity index is 1010. The highest BCUT2D eigenvalue weighted by atomic mass is 35.5. The molecular formula is C24H26ClN3O2. The van der Waals surface area contributed by atoms with Crippen molar-refractivity contribution in [3.8, 4) is 0 Å². The minimum absolute atomic E-state index is 0.255. The molecule has 0 aromatic heterocycles. The van der Waals surface area contributed by atoms with Crippen molar-refractivity contribution in [2.45, 2.75) is 19.8 Å². The molecule has 0 spiro atoms. The monoisotopic (exact) mass is 423 g/mol. The van der Waals surface area contributed by atoms with Gasteiger partial charge >= 0.3 is 0 Å². The third-order valence-corrected chi connectivity index (χ3v) is 6.02. The van der Waals surface area contributed by atoms with E-state index >= 15 is 0 Å². The first-order chi connectivity index (χ1) is 14.4. The lowest BCUT2D eigenvalue weighted by Crippen LogP contribution is -2.39. The Morgan fingerprint density at radius 1 is 1.03 bits per heavy atom. The second-order valence-corrected chi connectivity index (χ2v) is 8.72. The predicted molar refractivity (Wildman–Crippen MR) is 122 cm³/mol. The molecule has 4 rings (SSSR count). The zero-order valence-corrected chi connectivity index (χ0v) is 18.3. The van der Waals surface area contributed by atoms with Gasteiger partial charge in [-0.3, -0.25) is 9.59 Å². The van der Waals surface area contributed by atoms with Crippen LogP contribution in [0.25, 0.3) is 5.57 Å². The van der Waals surface area contributed by atoms with E-state index in [0.717, 1.165) is 37.2 Å². The highest BCUT2D eigenvalue weighted by Crippen LogP contribution is 2.37. The number of hydrogen-bond acceptors (Lipinski definition) is 4. The number of imide groups is 1. The van der Waals surface area contributed by atoms with Gasteiger partial charge in [0.15, 0.2) is 0 Å². The van der Waals surface area contributed by atoms with Gasteiger partial charge in [0.2, 0.25) is 0 Å². The van der Waals surface area contributed by atoms with Crippen molar-refractivity contribution < 1.29 is 9.59 Å². The number of carbonyl (C=O) groups is 2. The lowest BCUT2D eigenvalue weighted by atomic mass is 9.98. The summed E-state index contributed by atoms with van der Waals surface area (Å²) in [4.78, 5) is 32.6. The van der Waals surface area contributed by atoms with Gasteiger partial charge in [0.25, 0.3) is 11.8 Å². The Balaban J connectivity index is 1.81. The molecule has 1 unspecified atom stereocenters. The van der Waals surface area contributed by atoms with Crippen LogP contribution in [0.15, 0.2) is 54.2 Å². The van der Waals surface area contributed by atoms with Crippen LogP contribution in [-0.2, 0) is 9.59 Å². The Morgan fingerprint density at radius 2 is 1.77 bits per heavy atom. The first-order valence-electron chi connectivity index (χ1n) is 10.3. The quantitative estimate of drug-likeness (QED) is 0.683. The highest BCUT2D eigenvalue weighted by Gasteiger charge is 2.43. The summed E-state index contributed by atoms with van der Waals surface area (Å²) >= 11 is 6.07. The lowest BCUT2D eigenvalue weighted by Gasteiger charge is -2.33. The van der Waals surface area contributed by atoms with Crippen LogP contribution in [0.3, 0.4) is 0 Å². The first-order valence-corrected chi connectivity index (χ1v) is 10.7. The van der Waals surface area contributed by atoms with Gasteiger partial charge in [0, 0.05) is 37.9 Å². The first kappa shape index (κ1) is 20.5. The number of rotatable bonds is 4. The van der Waals surface area contributed by atoms with E-state index in [2.05, 4.69) is 11.8 Å². The fourth-order valence-electron chi connectivity index (χ4n) is 4.23. The van der Waals surface area contributed by atoms with Crippen molar-refractivity contribution in [1.82, 2.24) is 4.90 Å². The van der Waals surface area contributed by atoms with Crippen LogP contribution in [0.5, 0.6) is 0 Å². The van der Waals surface area contributed by atoms with Gasteiger partial charge < -0.3 is 9.80 Å². The molecule has 6 heteroatoms. The number of amides is 2. The minimum atomic E-state index is -0.286. The summed E-state index contributed by atoms with van der Waals surface area (Å²) in [6, 6.07) is 14.7. The van der Waals surface area contributed by atoms with Crippen LogP contribution >= 0.6 is 11.6 Å². The second-order valence-electron chi connectivity index (χ2n) is 8.28. The Morgan fingerprint density at radius 3 is 2.43 bits per heavy atom. The largest absolute Gasteiger partial charge is 0.378 e. The van der Waals surface area contributed by atoms with Crippen molar-refractivity contribution in [3.05, 3.63) is 64.8 Å². The van der Waals surface area contributed by atoms with Crippen LogP contribution in [0.1, 0.15) is 25.3 Å². The number of hydrogen-bond donors (Lipinski definition) is 0. The summed E-state index contributed by atoms with van der Waals surface area (Å²) < 4.78 is 0. The summed E-state index contributed by atoms with van der Waals surface area (Å²) in [7, 11) is 3.87. The van der Waals surface area contributed by atoms with E-state index in [-0.39, 0.29) is 11.8 Å². The van der Waals surface area contributed by atoms with Crippen molar-refractivity contribution in [2.24, 2.45) is 5.92 Å². The third-order valence-electron chi connectivity index (χ3n) is 5.77. The van der Waals surface area contributed by atoms with E-state index in [0.29, 0.717) is 27.9 Å². The van der Waals surface area contributed by atoms with E-state index in [1.54, 1.807) is 12.1 Å². The molecule has 2 aromatic carbocycles. The normalized spacial score (nSPS) is 19.7. The number of nitrogens with zero attached hydrogens (tertiary/aromatic N) is 3. The van der Waals surface area contributed by atoms with Crippen LogP contribution in [0.2, 0.25) is 5.02 Å². The lowest BCUT2D eigenvalue weighted by molar-refractivity contribution is -0.120. The van der Waals surface area contributed by atoms with Crippen LogP contribution in [-0.4, -0.2) is 43.9 Å². The smallest absolute Gasteiger partial charge is 0.282 e. The van der Waals surface area contributed by atoms with Crippen LogP contribution < -0.4 is 9.80 Å². The molecule has 0 radical (unpaired) electrons. The molecule has 0 saturated carbocycles. The maximum absolute atomic E-state index is 13.6. The molecule has 156 valence electrons. The molecular weight excluding hydrogens is 398 g/mol. The minimum Gasteiger partial charge on any atom is -0.378 e. The molecule has 1 saturated heterocycles. The summed E-state index contributed by atoms with van der Waals surface area (Å²) in [5.74, 6) is -0.0619. The Kier molecular flexibility index (Phi) is 5.56. The average Bonchev–Trinajstić information content (AvgIpc) is 2.99. The summed E-state index contributed by atoms with van der Waals surface area (Å²) in [6.45, 7) is 3.74. The second kappa shape index (κ2) is 8.15. The van der Waals surface area contributed by atoms with Crippen molar-refractivity contribution in [2.75, 3.05) is 37.0 Å². The van der Waals surface area contributed by atoms with E-state index in [4.69, 9.17) is 11.6 Å². The number of carbonyl (C=O) groups excluding carboxylic acids is 2. The van der Waals surface area contributed by atoms with E-state index in [9.17, 15) is 9.59 Å². The van der Waals surface area contributed by atoms with E-state index in [1.807, 2.05) is 55.4 Å². The molecule has 2 heterocycles. The van der Waals surface area contributed by atoms with E-state index in [1.165, 1.54) is 4.90 Å². The molecule has 2 amide bonds. The molecule has 2 aliphatic rings. The van der Waals surface area contributed by atoms with Gasteiger partial charge in [-0.1, -0.05) is 36.7 Å². The number of anilines is 2. The zero-order chi connectivity index (χ0) is 21.4. The average molecular weight is 424 g/mol. The number of benzene rings is 2. The fourth-order valence-corrected chi connectivity index (χ4v) is 4.35. The molecule has 0 bridgehead atoms. The van der Waals surface area contributed by atoms with Gasteiger partial charge in [0.05, 0.1) is 11.3 Å². The zero-order valence-electron chi connectivity index (χ0n) is 17.6. The summed E-state index contributed by atoms with van der Waals surface area (Å²) in [5.41, 5.74) is 3.20. The molecule has 0 aliphatic carbocycles. The van der Waals surface area contributed by atoms with Crippen LogP contribution in [0.4, 0.5) is 11.4 Å². The molecule has 2 aliphatic heterocycles. The van der Waals surface area contributed by atoms with Gasteiger partial charge in [-0.25, -0.2) is 4.90 Å². The van der Waals surface area contributed by atoms with Crippen LogP contribution in [0, 0.1) is 5.92 Å². The molecule has 0 N–H and O–H groups in total. The Hall–Kier alpha value is -2.79. The standard InChI is InChI=1S/C24H26ClN3O2/c1-16-6-5-13-27(15-16)22-21(17-9-11-18(25)12-10-17)23(29)28(24(22)30)20-8-4-7-19(14-20)26(2)3/h4,7-12,14,16H,5-6,13,15H2,1-3H3. The number of halogens is 1. The summed E-state index contributed by atoms with van der Waals surface area (Å²) in [5, 5.41) is 0.597. The van der Waals surface area contributed by atoms with Gasteiger partial charge in [-0.15, -0.1) is 0 Å². The SMILES string of the molecule is CC1CCCN(C2=C(c3ccc(Cl)cc3)C(=O)N(c3cccc(N(C)C)c3)C2=O)C1. The van der Waals surface area contributed by atoms with Gasteiger partial charge in [-0.05, 0) is 54.7 Å². The Labute approximate surface area is 182 Å². The van der Waals surface area contributed by atoms with Crippen molar-refractivity contribution in [1.29, 1.82) is 0 Å². The maximum atomic E-state index is 13.6. The predicted octanol–water partition coefficient (Wildman–Crippen LogP) is 4.42. The van der Waals surface area contributed by atoms with Gasteiger partial charge in [0.1, 0.15) is 5.70 Å². The summed E-state index contributed by atoms with van der Waals surface area (Å²) in [6.07, 6.45) is 2.15. The molecule has 30 heavy (non-hydrogen) atoms. The number of likely N-dealkylation sites (tertiary alicyclic amines) is 1. The molecule has 1 fully saturated rings. The molecule has 2 aromatic rings.